The zero-order chi connectivity index (χ0) is 26.8. The molecule has 0 saturated carbocycles. The third kappa shape index (κ3) is 9.58. The summed E-state index contributed by atoms with van der Waals surface area (Å²) in [6.07, 6.45) is 0.734. The minimum atomic E-state index is -0.999. The molecule has 2 atom stereocenters. The molecule has 1 rings (SSSR count). The van der Waals surface area contributed by atoms with Crippen LogP contribution >= 0.6 is 0 Å². The average molecular weight is 492 g/mol. The van der Waals surface area contributed by atoms with E-state index >= 15 is 0 Å². The van der Waals surface area contributed by atoms with Crippen molar-refractivity contribution in [2.45, 2.75) is 79.0 Å². The number of ether oxygens (including phenoxy) is 2. The lowest BCUT2D eigenvalue weighted by Gasteiger charge is -2.36. The number of nitrogens with one attached hydrogen (secondary N) is 2. The largest absolute Gasteiger partial charge is 0.468 e. The van der Waals surface area contributed by atoms with Crippen molar-refractivity contribution in [1.29, 1.82) is 0 Å². The van der Waals surface area contributed by atoms with Crippen molar-refractivity contribution in [3.05, 3.63) is 35.4 Å². The number of benzene rings is 1. The highest BCUT2D eigenvalue weighted by atomic mass is 16.6. The van der Waals surface area contributed by atoms with Crippen LogP contribution < -0.4 is 10.6 Å². The number of hydrogen-bond acceptors (Lipinski definition) is 6. The fraction of sp³-hybridized carbons (Fsp3) is 0.615. The number of carbonyl (C=O) groups excluding carboxylic acids is 4. The number of amides is 3. The van der Waals surface area contributed by atoms with Crippen LogP contribution in [-0.2, 0) is 23.9 Å². The van der Waals surface area contributed by atoms with E-state index < -0.39 is 41.6 Å². The van der Waals surface area contributed by atoms with Crippen LogP contribution in [0.1, 0.15) is 71.6 Å². The Hall–Kier alpha value is -3.10. The molecule has 2 unspecified atom stereocenters. The highest BCUT2D eigenvalue weighted by Gasteiger charge is 2.37. The van der Waals surface area contributed by atoms with Gasteiger partial charge in [0, 0.05) is 6.54 Å². The summed E-state index contributed by atoms with van der Waals surface area (Å²) < 4.78 is 10.0. The van der Waals surface area contributed by atoms with Gasteiger partial charge in [-0.1, -0.05) is 51.5 Å². The number of rotatable bonds is 11. The van der Waals surface area contributed by atoms with Crippen molar-refractivity contribution in [3.8, 4) is 0 Å². The van der Waals surface area contributed by atoms with Gasteiger partial charge in [-0.05, 0) is 51.2 Å². The van der Waals surface area contributed by atoms with E-state index in [-0.39, 0.29) is 12.5 Å². The van der Waals surface area contributed by atoms with Crippen molar-refractivity contribution < 1.29 is 28.7 Å². The Morgan fingerprint density at radius 1 is 1.09 bits per heavy atom. The van der Waals surface area contributed by atoms with E-state index in [0.29, 0.717) is 18.5 Å². The van der Waals surface area contributed by atoms with Crippen LogP contribution in [0.2, 0.25) is 0 Å². The van der Waals surface area contributed by atoms with Crippen LogP contribution in [0.3, 0.4) is 0 Å². The third-order valence-electron chi connectivity index (χ3n) is 5.32. The number of alkyl carbamates (subject to hydrolysis) is 1. The lowest BCUT2D eigenvalue weighted by molar-refractivity contribution is -0.145. The summed E-state index contributed by atoms with van der Waals surface area (Å²) >= 11 is 0. The van der Waals surface area contributed by atoms with Crippen molar-refractivity contribution in [3.63, 3.8) is 0 Å². The summed E-state index contributed by atoms with van der Waals surface area (Å²) in [5.74, 6) is -1.77. The van der Waals surface area contributed by atoms with Crippen LogP contribution in [0.4, 0.5) is 4.79 Å². The maximum Gasteiger partial charge on any atom is 0.408 e. The molecule has 0 fully saturated rings. The number of carbonyl (C=O) groups is 4. The van der Waals surface area contributed by atoms with Crippen molar-refractivity contribution >= 4 is 23.9 Å². The molecule has 0 aliphatic heterocycles. The van der Waals surface area contributed by atoms with E-state index in [1.807, 2.05) is 39.8 Å². The third-order valence-corrected chi connectivity index (χ3v) is 5.32. The minimum Gasteiger partial charge on any atom is -0.468 e. The molecule has 0 bridgehead atoms. The lowest BCUT2D eigenvalue weighted by Crippen LogP contribution is -2.55. The summed E-state index contributed by atoms with van der Waals surface area (Å²) in [6.45, 7) is 12.7. The first-order chi connectivity index (χ1) is 16.3. The Morgan fingerprint density at radius 3 is 2.23 bits per heavy atom. The van der Waals surface area contributed by atoms with Gasteiger partial charge in [0.15, 0.2) is 0 Å². The second-order valence-corrected chi connectivity index (χ2v) is 9.81. The molecule has 0 radical (unpaired) electrons. The van der Waals surface area contributed by atoms with E-state index in [1.54, 1.807) is 32.9 Å². The summed E-state index contributed by atoms with van der Waals surface area (Å²) in [7, 11) is 1.24. The van der Waals surface area contributed by atoms with E-state index in [2.05, 4.69) is 15.4 Å². The quantitative estimate of drug-likeness (QED) is 0.458. The second-order valence-electron chi connectivity index (χ2n) is 9.81. The lowest BCUT2D eigenvalue weighted by atomic mass is 9.96. The van der Waals surface area contributed by atoms with Gasteiger partial charge in [-0.15, -0.1) is 0 Å². The highest BCUT2D eigenvalue weighted by molar-refractivity contribution is 5.93. The Morgan fingerprint density at radius 2 is 1.71 bits per heavy atom. The summed E-state index contributed by atoms with van der Waals surface area (Å²) in [5, 5.41) is 5.28. The number of unbranched alkanes of at least 4 members (excludes halogenated alkanes) is 1. The smallest absolute Gasteiger partial charge is 0.408 e. The molecular formula is C26H41N3O6. The Kier molecular flexibility index (Phi) is 11.7. The van der Waals surface area contributed by atoms with E-state index in [0.717, 1.165) is 12.0 Å². The van der Waals surface area contributed by atoms with Gasteiger partial charge in [0.1, 0.15) is 24.2 Å². The molecule has 0 aliphatic rings. The topological polar surface area (TPSA) is 114 Å². The number of aryl methyl sites for hydroxylation is 1. The zero-order valence-electron chi connectivity index (χ0n) is 22.3. The molecule has 0 heterocycles. The second kappa shape index (κ2) is 13.7. The molecule has 0 saturated heterocycles. The summed E-state index contributed by atoms with van der Waals surface area (Å²) in [4.78, 5) is 53.0. The van der Waals surface area contributed by atoms with Gasteiger partial charge < -0.3 is 25.0 Å². The van der Waals surface area contributed by atoms with E-state index in [4.69, 9.17) is 4.74 Å². The van der Waals surface area contributed by atoms with Gasteiger partial charge >= 0.3 is 12.1 Å². The van der Waals surface area contributed by atoms with Gasteiger partial charge in [0.25, 0.3) is 0 Å². The molecule has 0 aromatic heterocycles. The van der Waals surface area contributed by atoms with Crippen molar-refractivity contribution in [1.82, 2.24) is 15.5 Å². The maximum absolute atomic E-state index is 13.9. The summed E-state index contributed by atoms with van der Waals surface area (Å²) in [6, 6.07) is 5.38. The Labute approximate surface area is 208 Å². The zero-order valence-corrected chi connectivity index (χ0v) is 22.3. The number of esters is 1. The number of methoxy groups -OCH3 is 1. The fourth-order valence-electron chi connectivity index (χ4n) is 3.49. The Balaban J connectivity index is 3.44. The molecule has 9 nitrogen and oxygen atoms in total. The number of hydrogen-bond donors (Lipinski definition) is 2. The molecule has 35 heavy (non-hydrogen) atoms. The van der Waals surface area contributed by atoms with Gasteiger partial charge in [0.05, 0.1) is 7.11 Å². The molecule has 196 valence electrons. The van der Waals surface area contributed by atoms with Crippen LogP contribution in [0.5, 0.6) is 0 Å². The van der Waals surface area contributed by atoms with E-state index in [1.165, 1.54) is 12.0 Å². The molecule has 9 heteroatoms. The fourth-order valence-corrected chi connectivity index (χ4v) is 3.49. The van der Waals surface area contributed by atoms with Crippen molar-refractivity contribution in [2.75, 3.05) is 20.2 Å². The number of nitrogens with zero attached hydrogens (tertiary/aromatic N) is 1. The van der Waals surface area contributed by atoms with Gasteiger partial charge in [-0.2, -0.15) is 0 Å². The molecule has 0 spiro atoms. The van der Waals surface area contributed by atoms with Crippen molar-refractivity contribution in [2.24, 2.45) is 5.92 Å². The van der Waals surface area contributed by atoms with Crippen LogP contribution in [0.25, 0.3) is 0 Å². The summed E-state index contributed by atoms with van der Waals surface area (Å²) in [5.41, 5.74) is 0.730. The van der Waals surface area contributed by atoms with Crippen LogP contribution in [-0.4, -0.2) is 60.6 Å². The normalized spacial score (nSPS) is 12.9. The van der Waals surface area contributed by atoms with Crippen LogP contribution in [0, 0.1) is 12.8 Å². The average Bonchev–Trinajstić information content (AvgIpc) is 2.77. The monoisotopic (exact) mass is 491 g/mol. The molecule has 0 aliphatic carbocycles. The molecule has 1 aromatic rings. The molecule has 1 aromatic carbocycles. The molecule has 3 amide bonds. The Bertz CT molecular complexity index is 878. The predicted molar refractivity (Wildman–Crippen MR) is 134 cm³/mol. The van der Waals surface area contributed by atoms with Gasteiger partial charge in [-0.25, -0.2) is 4.79 Å². The first kappa shape index (κ1) is 29.9. The van der Waals surface area contributed by atoms with Crippen LogP contribution in [0.15, 0.2) is 24.3 Å². The first-order valence-corrected chi connectivity index (χ1v) is 12.0. The minimum absolute atomic E-state index is 0.269. The predicted octanol–water partition coefficient (Wildman–Crippen LogP) is 3.50. The maximum atomic E-state index is 13.9. The SMILES string of the molecule is CCCCN(C(=O)C(NC(=O)OC(C)(C)C)C(C)C)C(C(=O)NCC(=O)OC)c1ccccc1C. The van der Waals surface area contributed by atoms with Gasteiger partial charge in [-0.3, -0.25) is 14.4 Å². The van der Waals surface area contributed by atoms with Gasteiger partial charge in [0.2, 0.25) is 11.8 Å². The first-order valence-electron chi connectivity index (χ1n) is 12.0. The highest BCUT2D eigenvalue weighted by Crippen LogP contribution is 2.27. The molecule has 2 N–H and O–H groups in total. The standard InChI is InChI=1S/C26H41N3O6/c1-9-10-15-29(24(32)21(17(2)3)28-25(33)35-26(5,6)7)22(19-14-12-11-13-18(19)4)23(31)27-16-20(30)34-8/h11-14,17,21-22H,9-10,15-16H2,1-8H3,(H,27,31)(H,28,33). The van der Waals surface area contributed by atoms with E-state index in [9.17, 15) is 19.2 Å². The molecular weight excluding hydrogens is 450 g/mol.